The van der Waals surface area contributed by atoms with E-state index in [0.29, 0.717) is 43.3 Å². The number of likely N-dealkylation sites (tertiary alicyclic amines) is 1. The smallest absolute Gasteiger partial charge is 0.410 e. The highest BCUT2D eigenvalue weighted by atomic mass is 16.7. The van der Waals surface area contributed by atoms with Crippen LogP contribution in [0.15, 0.2) is 36.4 Å². The van der Waals surface area contributed by atoms with Gasteiger partial charge in [-0.3, -0.25) is 9.69 Å². The first-order valence-corrected chi connectivity index (χ1v) is 11.0. The van der Waals surface area contributed by atoms with Crippen molar-refractivity contribution >= 4 is 17.8 Å². The van der Waals surface area contributed by atoms with Crippen molar-refractivity contribution in [3.05, 3.63) is 53.2 Å². The van der Waals surface area contributed by atoms with Crippen molar-refractivity contribution in [2.75, 3.05) is 39.3 Å². The van der Waals surface area contributed by atoms with Crippen molar-refractivity contribution in [2.24, 2.45) is 0 Å². The van der Waals surface area contributed by atoms with Gasteiger partial charge in [0.05, 0.1) is 0 Å². The van der Waals surface area contributed by atoms with Crippen LogP contribution in [-0.4, -0.2) is 62.4 Å². The summed E-state index contributed by atoms with van der Waals surface area (Å²) in [7, 11) is 4.61. The van der Waals surface area contributed by atoms with Crippen LogP contribution in [0.3, 0.4) is 0 Å². The van der Waals surface area contributed by atoms with E-state index in [4.69, 9.17) is 23.9 Å². The Balaban J connectivity index is 1.66. The van der Waals surface area contributed by atoms with E-state index in [1.807, 2.05) is 24.3 Å². The third kappa shape index (κ3) is 4.85. The summed E-state index contributed by atoms with van der Waals surface area (Å²) in [5, 5.41) is 0. The number of fused-ring (bicyclic) bond motifs is 1. The van der Waals surface area contributed by atoms with Gasteiger partial charge >= 0.3 is 6.09 Å². The number of benzene rings is 1. The molecule has 176 valence electrons. The van der Waals surface area contributed by atoms with Crippen molar-refractivity contribution in [1.82, 2.24) is 9.88 Å². The van der Waals surface area contributed by atoms with Gasteiger partial charge in [0.15, 0.2) is 0 Å². The van der Waals surface area contributed by atoms with Crippen molar-refractivity contribution < 1.29 is 28.5 Å². The number of rotatable bonds is 7. The van der Waals surface area contributed by atoms with E-state index in [9.17, 15) is 9.59 Å². The number of methoxy groups -OCH3 is 3. The summed E-state index contributed by atoms with van der Waals surface area (Å²) in [5.41, 5.74) is 2.28. The largest absolute Gasteiger partial charge is 0.420 e. The molecule has 0 radical (unpaired) electrons. The van der Waals surface area contributed by atoms with Gasteiger partial charge < -0.3 is 23.8 Å². The molecule has 1 atom stereocenters. The summed E-state index contributed by atoms with van der Waals surface area (Å²) in [6.45, 7) is 1.47. The molecule has 9 nitrogen and oxygen atoms in total. The number of hydrogen-bond acceptors (Lipinski definition) is 7. The van der Waals surface area contributed by atoms with Crippen molar-refractivity contribution in [3.63, 3.8) is 0 Å². The number of anilines is 1. The molecular weight excluding hydrogens is 426 g/mol. The highest BCUT2D eigenvalue weighted by molar-refractivity contribution is 5.89. The molecule has 1 aromatic heterocycles. The molecule has 33 heavy (non-hydrogen) atoms. The topological polar surface area (TPSA) is 90.4 Å². The first-order chi connectivity index (χ1) is 16.0. The summed E-state index contributed by atoms with van der Waals surface area (Å²) in [4.78, 5) is 33.7. The van der Waals surface area contributed by atoms with Gasteiger partial charge in [-0.05, 0) is 42.2 Å². The van der Waals surface area contributed by atoms with Gasteiger partial charge in [0.2, 0.25) is 6.29 Å². The van der Waals surface area contributed by atoms with Gasteiger partial charge in [-0.1, -0.05) is 18.2 Å². The number of amides is 2. The zero-order valence-corrected chi connectivity index (χ0v) is 19.2. The van der Waals surface area contributed by atoms with E-state index in [1.54, 1.807) is 29.0 Å². The minimum absolute atomic E-state index is 0.0411. The minimum atomic E-state index is -0.741. The van der Waals surface area contributed by atoms with E-state index in [-0.39, 0.29) is 5.91 Å². The molecule has 1 aromatic carbocycles. The number of pyridine rings is 1. The predicted octanol–water partition coefficient (Wildman–Crippen LogP) is 3.07. The molecule has 2 amide bonds. The fraction of sp³-hybridized carbons (Fsp3) is 0.458. The molecule has 9 heteroatoms. The van der Waals surface area contributed by atoms with Gasteiger partial charge in [-0.25, -0.2) is 9.78 Å². The molecule has 1 fully saturated rings. The van der Waals surface area contributed by atoms with Crippen LogP contribution in [0.4, 0.5) is 10.6 Å². The Morgan fingerprint density at radius 3 is 2.58 bits per heavy atom. The molecule has 0 N–H and O–H groups in total. The van der Waals surface area contributed by atoms with Gasteiger partial charge in [-0.2, -0.15) is 0 Å². The molecule has 0 bridgehead atoms. The molecule has 2 aromatic rings. The van der Waals surface area contributed by atoms with Crippen LogP contribution < -0.4 is 9.64 Å². The number of aryl methyl sites for hydroxylation is 1. The Hall–Kier alpha value is -3.01. The maximum absolute atomic E-state index is 13.0. The number of carbonyl (C=O) groups is 2. The number of nitrogens with zero attached hydrogens (tertiary/aromatic N) is 3. The summed E-state index contributed by atoms with van der Waals surface area (Å²) in [5.74, 6) is 0.960. The van der Waals surface area contributed by atoms with Crippen LogP contribution in [0, 0.1) is 0 Å². The Morgan fingerprint density at radius 2 is 1.91 bits per heavy atom. The predicted molar refractivity (Wildman–Crippen MR) is 120 cm³/mol. The quantitative estimate of drug-likeness (QED) is 0.593. The lowest BCUT2D eigenvalue weighted by Crippen LogP contribution is -2.39. The highest BCUT2D eigenvalue weighted by Gasteiger charge is 2.34. The maximum Gasteiger partial charge on any atom is 0.420 e. The Morgan fingerprint density at radius 1 is 1.15 bits per heavy atom. The highest BCUT2D eigenvalue weighted by Crippen LogP contribution is 2.33. The molecule has 3 heterocycles. The number of para-hydroxylation sites is 1. The zero-order valence-electron chi connectivity index (χ0n) is 19.2. The first kappa shape index (κ1) is 23.2. The van der Waals surface area contributed by atoms with E-state index < -0.39 is 18.5 Å². The summed E-state index contributed by atoms with van der Waals surface area (Å²) >= 11 is 0. The second-order valence-corrected chi connectivity index (χ2v) is 8.03. The van der Waals surface area contributed by atoms with E-state index in [0.717, 1.165) is 24.0 Å². The third-order valence-corrected chi connectivity index (χ3v) is 5.99. The SMILES string of the molecule is COC1CCN(Cc2cc3c(nc2C(OC)OC)N(C(=O)Oc2ccccc2)CCC3)C1=O. The van der Waals surface area contributed by atoms with Crippen LogP contribution >= 0.6 is 0 Å². The number of hydrogen-bond donors (Lipinski definition) is 0. The minimum Gasteiger partial charge on any atom is -0.410 e. The Labute approximate surface area is 193 Å². The molecule has 0 saturated carbocycles. The molecule has 0 aliphatic carbocycles. The zero-order chi connectivity index (χ0) is 23.4. The molecule has 0 spiro atoms. The summed E-state index contributed by atoms with van der Waals surface area (Å²) < 4.78 is 21.8. The number of ether oxygens (including phenoxy) is 4. The van der Waals surface area contributed by atoms with Gasteiger partial charge in [0.25, 0.3) is 5.91 Å². The van der Waals surface area contributed by atoms with Crippen LogP contribution in [0.25, 0.3) is 0 Å². The second kappa shape index (κ2) is 10.3. The monoisotopic (exact) mass is 455 g/mol. The maximum atomic E-state index is 13.0. The lowest BCUT2D eigenvalue weighted by atomic mass is 10.0. The van der Waals surface area contributed by atoms with Crippen molar-refractivity contribution in [1.29, 1.82) is 0 Å². The summed E-state index contributed by atoms with van der Waals surface area (Å²) in [6.07, 6.45) is 0.559. The number of carbonyl (C=O) groups excluding carboxylic acids is 2. The molecule has 4 rings (SSSR count). The van der Waals surface area contributed by atoms with Gasteiger partial charge in [0.1, 0.15) is 23.4 Å². The van der Waals surface area contributed by atoms with Gasteiger partial charge in [-0.15, -0.1) is 0 Å². The first-order valence-electron chi connectivity index (χ1n) is 11.0. The average Bonchev–Trinajstić information content (AvgIpc) is 3.19. The molecule has 2 aliphatic rings. The number of aromatic nitrogens is 1. The lowest BCUT2D eigenvalue weighted by molar-refractivity contribution is -0.136. The van der Waals surface area contributed by atoms with Crippen LogP contribution in [0.2, 0.25) is 0 Å². The lowest BCUT2D eigenvalue weighted by Gasteiger charge is -2.30. The van der Waals surface area contributed by atoms with Crippen LogP contribution in [-0.2, 0) is 32.0 Å². The Bertz CT molecular complexity index is 995. The molecule has 1 unspecified atom stereocenters. The molecular formula is C24H29N3O6. The van der Waals surface area contributed by atoms with Crippen LogP contribution in [0.1, 0.15) is 36.0 Å². The average molecular weight is 456 g/mol. The molecule has 1 saturated heterocycles. The Kier molecular flexibility index (Phi) is 7.22. The fourth-order valence-electron chi connectivity index (χ4n) is 4.32. The van der Waals surface area contributed by atoms with Gasteiger partial charge in [0, 0.05) is 47.4 Å². The third-order valence-electron chi connectivity index (χ3n) is 5.99. The van der Waals surface area contributed by atoms with Crippen LogP contribution in [0.5, 0.6) is 5.75 Å². The second-order valence-electron chi connectivity index (χ2n) is 8.03. The normalized spacial score (nSPS) is 18.1. The van der Waals surface area contributed by atoms with E-state index in [2.05, 4.69) is 0 Å². The molecule has 2 aliphatic heterocycles. The van der Waals surface area contributed by atoms with E-state index >= 15 is 0 Å². The van der Waals surface area contributed by atoms with Crippen molar-refractivity contribution in [2.45, 2.75) is 38.2 Å². The summed E-state index contributed by atoms with van der Waals surface area (Å²) in [6, 6.07) is 10.9. The van der Waals surface area contributed by atoms with Crippen molar-refractivity contribution in [3.8, 4) is 5.75 Å². The standard InChI is InChI=1S/C24H29N3O6/c1-30-19-11-13-26(22(19)28)15-17-14-16-8-7-12-27(21(16)25-20(17)23(31-2)32-3)24(29)33-18-9-5-4-6-10-18/h4-6,9-10,14,19,23H,7-8,11-13,15H2,1-3H3. The fourth-order valence-corrected chi connectivity index (χ4v) is 4.32. The van der Waals surface area contributed by atoms with E-state index in [1.165, 1.54) is 14.2 Å².